The van der Waals surface area contributed by atoms with Crippen LogP contribution < -0.4 is 0 Å². The Labute approximate surface area is 127 Å². The van der Waals surface area contributed by atoms with Crippen LogP contribution in [-0.2, 0) is 23.9 Å². The van der Waals surface area contributed by atoms with Gasteiger partial charge in [0.2, 0.25) is 11.5 Å². The third-order valence-electron chi connectivity index (χ3n) is 3.65. The first-order valence-electron chi connectivity index (χ1n) is 6.95. The number of hydrogen-bond donors (Lipinski definition) is 0. The van der Waals surface area contributed by atoms with Gasteiger partial charge in [-0.2, -0.15) is 0 Å². The van der Waals surface area contributed by atoms with E-state index in [1.807, 2.05) is 6.92 Å². The fourth-order valence-electron chi connectivity index (χ4n) is 2.65. The lowest BCUT2D eigenvalue weighted by Gasteiger charge is -2.25. The summed E-state index contributed by atoms with van der Waals surface area (Å²) < 4.78 is 10.3. The minimum Gasteiger partial charge on any atom is -0.474 e. The van der Waals surface area contributed by atoms with Gasteiger partial charge in [-0.25, -0.2) is 4.79 Å². The third-order valence-corrected chi connectivity index (χ3v) is 4.07. The number of hydrogen-bond acceptors (Lipinski definition) is 5. The van der Waals surface area contributed by atoms with Crippen molar-refractivity contribution in [1.82, 2.24) is 0 Å². The zero-order valence-corrected chi connectivity index (χ0v) is 13.0. The first-order chi connectivity index (χ1) is 9.93. The normalized spacial score (nSPS) is 25.1. The number of Topliss-reactive ketones (excluding diaryl/α,β-unsaturated/α-hetero) is 2. The predicted octanol–water partition coefficient (Wildman–Crippen LogP) is 2.28. The van der Waals surface area contributed by atoms with Crippen molar-refractivity contribution in [3.63, 3.8) is 0 Å². The molecule has 1 aliphatic carbocycles. The van der Waals surface area contributed by atoms with Gasteiger partial charge in [0.15, 0.2) is 11.9 Å². The van der Waals surface area contributed by atoms with Gasteiger partial charge < -0.3 is 9.47 Å². The zero-order valence-electron chi connectivity index (χ0n) is 12.2. The maximum Gasteiger partial charge on any atom is 0.373 e. The van der Waals surface area contributed by atoms with Crippen LogP contribution in [-0.4, -0.2) is 30.2 Å². The van der Waals surface area contributed by atoms with E-state index in [0.717, 1.165) is 0 Å². The number of rotatable bonds is 4. The van der Waals surface area contributed by atoms with E-state index in [9.17, 15) is 14.4 Å². The predicted molar refractivity (Wildman–Crippen MR) is 75.5 cm³/mol. The quantitative estimate of drug-likeness (QED) is 0.745. The van der Waals surface area contributed by atoms with Crippen molar-refractivity contribution in [2.24, 2.45) is 5.92 Å². The third kappa shape index (κ3) is 2.50. The molecule has 2 unspecified atom stereocenters. The summed E-state index contributed by atoms with van der Waals surface area (Å²) in [4.78, 5) is 36.6. The van der Waals surface area contributed by atoms with Gasteiger partial charge in [0.05, 0.1) is 17.6 Å². The Morgan fingerprint density at radius 2 is 1.95 bits per heavy atom. The van der Waals surface area contributed by atoms with Gasteiger partial charge in [0.1, 0.15) is 0 Å². The Hall–Kier alpha value is -1.62. The number of halogens is 1. The van der Waals surface area contributed by atoms with Crippen molar-refractivity contribution in [2.45, 2.75) is 39.7 Å². The van der Waals surface area contributed by atoms with Crippen molar-refractivity contribution >= 4 is 29.1 Å². The topological polar surface area (TPSA) is 69.7 Å². The van der Waals surface area contributed by atoms with E-state index in [-0.39, 0.29) is 23.2 Å². The molecule has 0 bridgehead atoms. The summed E-state index contributed by atoms with van der Waals surface area (Å²) in [6.07, 6.45) is 0.107. The number of fused-ring (bicyclic) bond motifs is 1. The van der Waals surface area contributed by atoms with Crippen LogP contribution in [0.3, 0.4) is 0 Å². The fourth-order valence-corrected chi connectivity index (χ4v) is 2.95. The summed E-state index contributed by atoms with van der Waals surface area (Å²) in [5, 5.41) is -0.0685. The number of ether oxygens (including phenoxy) is 2. The number of carbonyl (C=O) groups is 3. The molecule has 0 aromatic carbocycles. The first-order valence-corrected chi connectivity index (χ1v) is 7.33. The van der Waals surface area contributed by atoms with Crippen molar-refractivity contribution in [2.75, 3.05) is 6.61 Å². The van der Waals surface area contributed by atoms with Crippen LogP contribution in [0.5, 0.6) is 0 Å². The van der Waals surface area contributed by atoms with E-state index in [4.69, 9.17) is 21.1 Å². The Morgan fingerprint density at radius 1 is 1.29 bits per heavy atom. The molecule has 0 spiro atoms. The van der Waals surface area contributed by atoms with Crippen LogP contribution in [0, 0.1) is 5.92 Å². The van der Waals surface area contributed by atoms with Crippen LogP contribution in [0.1, 0.15) is 33.6 Å². The van der Waals surface area contributed by atoms with Crippen LogP contribution in [0.15, 0.2) is 21.9 Å². The molecule has 0 saturated carbocycles. The maximum absolute atomic E-state index is 12.5. The van der Waals surface area contributed by atoms with Crippen LogP contribution in [0.2, 0.25) is 0 Å². The molecule has 114 valence electrons. The molecule has 2 rings (SSSR count). The molecular formula is C15H17ClO5. The summed E-state index contributed by atoms with van der Waals surface area (Å²) in [5.41, 5.74) is 0.771. The molecule has 1 heterocycles. The second-order valence-electron chi connectivity index (χ2n) is 5.02. The molecule has 2 atom stereocenters. The molecule has 0 aromatic rings. The van der Waals surface area contributed by atoms with Gasteiger partial charge >= 0.3 is 5.97 Å². The second kappa shape index (κ2) is 6.02. The molecule has 1 aliphatic heterocycles. The molecule has 0 N–H and O–H groups in total. The largest absolute Gasteiger partial charge is 0.474 e. The number of ketones is 2. The van der Waals surface area contributed by atoms with Gasteiger partial charge in [-0.05, 0) is 25.8 Å². The average molecular weight is 313 g/mol. The highest BCUT2D eigenvalue weighted by Crippen LogP contribution is 2.41. The SMILES string of the molecule is CCCC1=C(Cl)C(=O)C2OC(C(=O)OCC)=C(C)C2C1=O. The summed E-state index contributed by atoms with van der Waals surface area (Å²) >= 11 is 6.00. The Bertz CT molecular complexity index is 573. The lowest BCUT2D eigenvalue weighted by Crippen LogP contribution is -2.39. The molecule has 21 heavy (non-hydrogen) atoms. The standard InChI is InChI=1S/C15H17ClO5/c1-4-6-8-10(16)12(18)14-9(11(8)17)7(3)13(21-14)15(19)20-5-2/h9,14H,4-6H2,1-3H3. The lowest BCUT2D eigenvalue weighted by atomic mass is 9.80. The number of carbonyl (C=O) groups excluding carboxylic acids is 3. The van der Waals surface area contributed by atoms with E-state index < -0.39 is 23.8 Å². The van der Waals surface area contributed by atoms with Gasteiger partial charge in [-0.1, -0.05) is 24.9 Å². The van der Waals surface area contributed by atoms with Crippen LogP contribution in [0.25, 0.3) is 0 Å². The summed E-state index contributed by atoms with van der Waals surface area (Å²) in [6, 6.07) is 0. The summed E-state index contributed by atoms with van der Waals surface area (Å²) in [5.74, 6) is -2.14. The minimum absolute atomic E-state index is 0.0456. The Kier molecular flexibility index (Phi) is 4.52. The average Bonchev–Trinajstić information content (AvgIpc) is 2.79. The van der Waals surface area contributed by atoms with Gasteiger partial charge in [0.25, 0.3) is 0 Å². The van der Waals surface area contributed by atoms with Gasteiger partial charge in [0, 0.05) is 5.57 Å². The monoisotopic (exact) mass is 312 g/mol. The van der Waals surface area contributed by atoms with E-state index in [1.54, 1.807) is 13.8 Å². The van der Waals surface area contributed by atoms with Crippen LogP contribution in [0.4, 0.5) is 0 Å². The van der Waals surface area contributed by atoms with E-state index >= 15 is 0 Å². The molecule has 0 saturated heterocycles. The van der Waals surface area contributed by atoms with Gasteiger partial charge in [-0.3, -0.25) is 9.59 Å². The first kappa shape index (κ1) is 15.8. The van der Waals surface area contributed by atoms with E-state index in [2.05, 4.69) is 0 Å². The highest BCUT2D eigenvalue weighted by molar-refractivity contribution is 6.46. The minimum atomic E-state index is -1.04. The zero-order chi connectivity index (χ0) is 15.7. The Balaban J connectivity index is 2.39. The van der Waals surface area contributed by atoms with Crippen molar-refractivity contribution in [3.05, 3.63) is 21.9 Å². The molecule has 0 amide bonds. The van der Waals surface area contributed by atoms with E-state index in [1.165, 1.54) is 0 Å². The number of esters is 1. The fraction of sp³-hybridized carbons (Fsp3) is 0.533. The number of allylic oxidation sites excluding steroid dienone is 1. The second-order valence-corrected chi connectivity index (χ2v) is 5.40. The Morgan fingerprint density at radius 3 is 2.52 bits per heavy atom. The van der Waals surface area contributed by atoms with Crippen molar-refractivity contribution in [3.8, 4) is 0 Å². The van der Waals surface area contributed by atoms with Crippen LogP contribution >= 0.6 is 11.6 Å². The highest BCUT2D eigenvalue weighted by Gasteiger charge is 2.50. The smallest absolute Gasteiger partial charge is 0.373 e. The molecule has 0 fully saturated rings. The molecule has 0 radical (unpaired) electrons. The maximum atomic E-state index is 12.5. The summed E-state index contributed by atoms with van der Waals surface area (Å²) in [7, 11) is 0. The van der Waals surface area contributed by atoms with E-state index in [0.29, 0.717) is 24.0 Å². The molecule has 6 heteroatoms. The molecule has 0 aromatic heterocycles. The molecule has 2 aliphatic rings. The molecular weight excluding hydrogens is 296 g/mol. The molecule has 5 nitrogen and oxygen atoms in total. The van der Waals surface area contributed by atoms with Crippen molar-refractivity contribution in [1.29, 1.82) is 0 Å². The summed E-state index contributed by atoms with van der Waals surface area (Å²) in [6.45, 7) is 5.38. The van der Waals surface area contributed by atoms with Gasteiger partial charge in [-0.15, -0.1) is 0 Å². The lowest BCUT2D eigenvalue weighted by molar-refractivity contribution is -0.145. The highest BCUT2D eigenvalue weighted by atomic mass is 35.5. The van der Waals surface area contributed by atoms with Crippen molar-refractivity contribution < 1.29 is 23.9 Å².